The van der Waals surface area contributed by atoms with Crippen molar-refractivity contribution in [3.63, 3.8) is 0 Å². The van der Waals surface area contributed by atoms with Crippen LogP contribution in [0.1, 0.15) is 66.2 Å². The Hall–Kier alpha value is -0.781. The van der Waals surface area contributed by atoms with Gasteiger partial charge in [0.2, 0.25) is 0 Å². The predicted molar refractivity (Wildman–Crippen MR) is 123 cm³/mol. The third kappa shape index (κ3) is 6.36. The molecular weight excluding hydrogens is 453 g/mol. The van der Waals surface area contributed by atoms with Gasteiger partial charge in [-0.2, -0.15) is 0 Å². The molecule has 2 heterocycles. The molecule has 0 radical (unpaired) electrons. The maximum atomic E-state index is 11.6. The van der Waals surface area contributed by atoms with E-state index in [9.17, 15) is 4.79 Å². The van der Waals surface area contributed by atoms with Crippen molar-refractivity contribution in [1.82, 2.24) is 9.88 Å². The normalized spacial score (nSPS) is 15.1. The van der Waals surface area contributed by atoms with Crippen molar-refractivity contribution < 1.29 is 4.79 Å². The van der Waals surface area contributed by atoms with Crippen molar-refractivity contribution in [2.45, 2.75) is 79.5 Å². The molecule has 0 N–H and O–H groups in total. The quantitative estimate of drug-likeness (QED) is 0.415. The molecule has 1 saturated heterocycles. The number of unbranched alkanes of at least 4 members (excludes halogenated alkanes) is 3. The average molecular weight is 494 g/mol. The maximum absolute atomic E-state index is 11.6. The van der Waals surface area contributed by atoms with Gasteiger partial charge in [-0.25, -0.2) is 0 Å². The van der Waals surface area contributed by atoms with Crippen LogP contribution in [0.5, 0.6) is 0 Å². The number of hydrogen-bond acceptors (Lipinski definition) is 3. The van der Waals surface area contributed by atoms with E-state index < -0.39 is 18.4 Å². The molecule has 1 aromatic heterocycles. The Bertz CT molecular complexity index is 560. The van der Waals surface area contributed by atoms with Gasteiger partial charge in [-0.1, -0.05) is 0 Å². The number of carbonyl (C=O) groups excluding carboxylic acids is 1. The fourth-order valence-corrected chi connectivity index (χ4v) is 20.1. The summed E-state index contributed by atoms with van der Waals surface area (Å²) in [7, 11) is 0. The Kier molecular flexibility index (Phi) is 10.1. The molecule has 0 atom stereocenters. The summed E-state index contributed by atoms with van der Waals surface area (Å²) in [4.78, 5) is 20.8. The van der Waals surface area contributed by atoms with Gasteiger partial charge >= 0.3 is 177 Å². The average Bonchev–Trinajstić information content (AvgIpc) is 2.74. The summed E-state index contributed by atoms with van der Waals surface area (Å²) in [5.74, 6) is 1.28. The Balaban J connectivity index is 2.16. The summed E-state index contributed by atoms with van der Waals surface area (Å²) in [6.45, 7) is 12.1. The first-order valence-electron chi connectivity index (χ1n) is 11.5. The number of aromatic nitrogens is 1. The minimum absolute atomic E-state index is 0.185. The summed E-state index contributed by atoms with van der Waals surface area (Å²) >= 11 is -2.37. The van der Waals surface area contributed by atoms with Crippen LogP contribution in [0, 0.1) is 0 Å². The van der Waals surface area contributed by atoms with Crippen LogP contribution >= 0.6 is 0 Å². The Morgan fingerprint density at radius 1 is 0.929 bits per heavy atom. The van der Waals surface area contributed by atoms with Gasteiger partial charge in [0.25, 0.3) is 0 Å². The molecule has 0 bridgehead atoms. The van der Waals surface area contributed by atoms with E-state index in [0.717, 1.165) is 32.0 Å². The second kappa shape index (κ2) is 12.0. The van der Waals surface area contributed by atoms with Crippen molar-refractivity contribution in [2.75, 3.05) is 31.1 Å². The standard InChI is InChI=1S/C11H14N3O.3C4H9.Sn/c1-10(15)13-6-8-14(9-7-13)11-4-2-3-5-12-11;3*1-3-4-2;/h2,4-5H,6-9H2,1H3;3*1,3-4H2,2H3;. The molecule has 28 heavy (non-hydrogen) atoms. The zero-order valence-electron chi connectivity index (χ0n) is 18.7. The van der Waals surface area contributed by atoms with E-state index >= 15 is 0 Å². The van der Waals surface area contributed by atoms with Crippen molar-refractivity contribution in [1.29, 1.82) is 0 Å². The van der Waals surface area contributed by atoms with E-state index in [4.69, 9.17) is 4.98 Å². The van der Waals surface area contributed by atoms with Gasteiger partial charge < -0.3 is 0 Å². The third-order valence-electron chi connectivity index (χ3n) is 6.44. The zero-order valence-corrected chi connectivity index (χ0v) is 21.5. The molecule has 1 aromatic rings. The molecule has 1 aliphatic rings. The number of rotatable bonds is 11. The SMILES string of the molecule is CCC[CH2][Sn]([CH2]CCC)([CH2]CCC)[c]1ccc(N2CCN(C(C)=O)CC2)nc1. The van der Waals surface area contributed by atoms with E-state index in [2.05, 4.69) is 44.0 Å². The van der Waals surface area contributed by atoms with E-state index in [0.29, 0.717) is 0 Å². The number of hydrogen-bond donors (Lipinski definition) is 0. The van der Waals surface area contributed by atoms with Crippen LogP contribution in [0.2, 0.25) is 13.3 Å². The predicted octanol–water partition coefficient (Wildman–Crippen LogP) is 4.81. The van der Waals surface area contributed by atoms with E-state index in [-0.39, 0.29) is 5.91 Å². The van der Waals surface area contributed by atoms with Crippen LogP contribution < -0.4 is 8.48 Å². The monoisotopic (exact) mass is 495 g/mol. The minimum atomic E-state index is -2.37. The second-order valence-electron chi connectivity index (χ2n) is 8.49. The topological polar surface area (TPSA) is 36.4 Å². The van der Waals surface area contributed by atoms with E-state index in [1.54, 1.807) is 10.5 Å². The number of pyridine rings is 1. The Labute approximate surface area is 177 Å². The molecule has 1 fully saturated rings. The number of piperazine rings is 1. The summed E-state index contributed by atoms with van der Waals surface area (Å²) in [5.41, 5.74) is 0. The van der Waals surface area contributed by atoms with E-state index in [1.165, 1.54) is 51.8 Å². The second-order valence-corrected chi connectivity index (χ2v) is 21.7. The van der Waals surface area contributed by atoms with Crippen molar-refractivity contribution in [2.24, 2.45) is 0 Å². The summed E-state index contributed by atoms with van der Waals surface area (Å²) < 4.78 is 6.12. The first-order chi connectivity index (χ1) is 13.6. The molecular formula is C23H41N3OSn. The molecule has 1 aliphatic heterocycles. The van der Waals surface area contributed by atoms with Gasteiger partial charge in [-0.05, 0) is 0 Å². The van der Waals surface area contributed by atoms with Gasteiger partial charge in [0.1, 0.15) is 0 Å². The Morgan fingerprint density at radius 3 is 1.86 bits per heavy atom. The first kappa shape index (κ1) is 23.5. The van der Waals surface area contributed by atoms with Crippen LogP contribution in [0.3, 0.4) is 0 Å². The number of anilines is 1. The molecule has 0 aliphatic carbocycles. The van der Waals surface area contributed by atoms with Crippen LogP contribution in [0.15, 0.2) is 18.3 Å². The zero-order chi connectivity index (χ0) is 20.4. The summed E-state index contributed by atoms with van der Waals surface area (Å²) in [5, 5.41) is 0. The number of nitrogens with zero attached hydrogens (tertiary/aromatic N) is 3. The van der Waals surface area contributed by atoms with Gasteiger partial charge in [-0.15, -0.1) is 0 Å². The molecule has 4 nitrogen and oxygen atoms in total. The molecule has 0 aromatic carbocycles. The first-order valence-corrected chi connectivity index (χ1v) is 19.0. The molecule has 0 unspecified atom stereocenters. The van der Waals surface area contributed by atoms with Gasteiger partial charge in [0.15, 0.2) is 0 Å². The molecule has 1 amide bonds. The van der Waals surface area contributed by atoms with Gasteiger partial charge in [0.05, 0.1) is 0 Å². The number of carbonyl (C=O) groups is 1. The molecule has 0 spiro atoms. The van der Waals surface area contributed by atoms with Crippen molar-refractivity contribution in [3.8, 4) is 0 Å². The van der Waals surface area contributed by atoms with Gasteiger partial charge in [-0.3, -0.25) is 0 Å². The molecule has 2 rings (SSSR count). The van der Waals surface area contributed by atoms with Crippen molar-refractivity contribution >= 4 is 33.7 Å². The number of amides is 1. The summed E-state index contributed by atoms with van der Waals surface area (Å²) in [6, 6.07) is 4.71. The van der Waals surface area contributed by atoms with Crippen LogP contribution in [0.4, 0.5) is 5.82 Å². The molecule has 0 saturated carbocycles. The fraction of sp³-hybridized carbons (Fsp3) is 0.739. The third-order valence-corrected chi connectivity index (χ3v) is 22.0. The van der Waals surface area contributed by atoms with Crippen LogP contribution in [-0.4, -0.2) is 60.3 Å². The summed E-state index contributed by atoms with van der Waals surface area (Å²) in [6.07, 6.45) is 10.3. The molecule has 158 valence electrons. The molecule has 5 heteroatoms. The van der Waals surface area contributed by atoms with Crippen LogP contribution in [-0.2, 0) is 4.79 Å². The fourth-order valence-electron chi connectivity index (χ4n) is 4.49. The van der Waals surface area contributed by atoms with Crippen LogP contribution in [0.25, 0.3) is 0 Å². The van der Waals surface area contributed by atoms with E-state index in [1.807, 2.05) is 4.90 Å². The Morgan fingerprint density at radius 2 is 1.46 bits per heavy atom. The van der Waals surface area contributed by atoms with Gasteiger partial charge in [0, 0.05) is 0 Å². The van der Waals surface area contributed by atoms with Crippen molar-refractivity contribution in [3.05, 3.63) is 18.3 Å².